The van der Waals surface area contributed by atoms with E-state index in [1.165, 1.54) is 11.3 Å². The van der Waals surface area contributed by atoms with Crippen molar-refractivity contribution in [1.29, 1.82) is 0 Å². The maximum absolute atomic E-state index is 12.1. The lowest BCUT2D eigenvalue weighted by Gasteiger charge is -2.30. The lowest BCUT2D eigenvalue weighted by atomic mass is 9.82. The molecule has 0 bridgehead atoms. The standard InChI is InChI=1S/C13H20N2O2S/c1-9(2)13(17)7-15(5-10(13)3)12(16)4-11-6-18-8-14-11/h6,8-10,17H,4-5,7H2,1-3H3/t10-,13-/m0/s1. The molecular formula is C13H20N2O2S. The van der Waals surface area contributed by atoms with Gasteiger partial charge in [0.1, 0.15) is 0 Å². The first-order valence-corrected chi connectivity index (χ1v) is 7.25. The molecule has 0 aliphatic carbocycles. The second-order valence-corrected chi connectivity index (χ2v) is 6.20. The number of nitrogens with zero attached hydrogens (tertiary/aromatic N) is 2. The Morgan fingerprint density at radius 3 is 2.94 bits per heavy atom. The van der Waals surface area contributed by atoms with Crippen molar-refractivity contribution in [3.05, 3.63) is 16.6 Å². The van der Waals surface area contributed by atoms with E-state index in [1.54, 1.807) is 10.4 Å². The number of aliphatic hydroxyl groups is 1. The Hall–Kier alpha value is -0.940. The second-order valence-electron chi connectivity index (χ2n) is 5.48. The van der Waals surface area contributed by atoms with E-state index in [9.17, 15) is 9.90 Å². The Morgan fingerprint density at radius 1 is 1.72 bits per heavy atom. The third kappa shape index (κ3) is 2.42. The fourth-order valence-corrected chi connectivity index (χ4v) is 3.11. The van der Waals surface area contributed by atoms with Gasteiger partial charge in [-0.3, -0.25) is 4.79 Å². The van der Waals surface area contributed by atoms with Crippen LogP contribution < -0.4 is 0 Å². The van der Waals surface area contributed by atoms with Gasteiger partial charge in [0.15, 0.2) is 0 Å². The van der Waals surface area contributed by atoms with Gasteiger partial charge < -0.3 is 10.0 Å². The molecular weight excluding hydrogens is 248 g/mol. The summed E-state index contributed by atoms with van der Waals surface area (Å²) in [4.78, 5) is 18.0. The lowest BCUT2D eigenvalue weighted by molar-refractivity contribution is -0.130. The van der Waals surface area contributed by atoms with E-state index in [2.05, 4.69) is 4.98 Å². The van der Waals surface area contributed by atoms with Gasteiger partial charge in [0.25, 0.3) is 0 Å². The molecule has 2 heterocycles. The van der Waals surface area contributed by atoms with Crippen LogP contribution in [0.25, 0.3) is 0 Å². The van der Waals surface area contributed by atoms with Crippen LogP contribution in [0.15, 0.2) is 10.9 Å². The average molecular weight is 268 g/mol. The number of β-amino-alcohol motifs (C(OH)–C–C–N with tert-alkyl or cyclic N) is 1. The first kappa shape index (κ1) is 13.5. The third-order valence-electron chi connectivity index (χ3n) is 3.96. The summed E-state index contributed by atoms with van der Waals surface area (Å²) in [6, 6.07) is 0. The highest BCUT2D eigenvalue weighted by Gasteiger charge is 2.46. The lowest BCUT2D eigenvalue weighted by Crippen LogP contribution is -2.43. The summed E-state index contributed by atoms with van der Waals surface area (Å²) in [6.07, 6.45) is 0.338. The average Bonchev–Trinajstić information content (AvgIpc) is 2.89. The minimum Gasteiger partial charge on any atom is -0.387 e. The zero-order valence-electron chi connectivity index (χ0n) is 11.1. The highest BCUT2D eigenvalue weighted by molar-refractivity contribution is 7.07. The van der Waals surface area contributed by atoms with Gasteiger partial charge in [-0.2, -0.15) is 0 Å². The van der Waals surface area contributed by atoms with Crippen molar-refractivity contribution in [2.45, 2.75) is 32.8 Å². The fraction of sp³-hybridized carbons (Fsp3) is 0.692. The third-order valence-corrected chi connectivity index (χ3v) is 4.60. The van der Waals surface area contributed by atoms with Crippen LogP contribution in [0, 0.1) is 11.8 Å². The largest absolute Gasteiger partial charge is 0.387 e. The summed E-state index contributed by atoms with van der Waals surface area (Å²) in [5, 5.41) is 12.5. The molecule has 0 unspecified atom stereocenters. The molecule has 18 heavy (non-hydrogen) atoms. The number of rotatable bonds is 3. The van der Waals surface area contributed by atoms with Crippen LogP contribution >= 0.6 is 11.3 Å². The number of amides is 1. The van der Waals surface area contributed by atoms with E-state index in [1.807, 2.05) is 26.2 Å². The molecule has 100 valence electrons. The van der Waals surface area contributed by atoms with E-state index < -0.39 is 5.60 Å². The Balaban J connectivity index is 2.02. The first-order chi connectivity index (χ1) is 8.43. The second kappa shape index (κ2) is 4.97. The zero-order chi connectivity index (χ0) is 13.3. The molecule has 2 atom stereocenters. The van der Waals surface area contributed by atoms with Crippen molar-refractivity contribution >= 4 is 17.2 Å². The molecule has 2 rings (SSSR count). The predicted octanol–water partition coefficient (Wildman–Crippen LogP) is 1.55. The van der Waals surface area contributed by atoms with E-state index in [0.29, 0.717) is 19.5 Å². The maximum Gasteiger partial charge on any atom is 0.228 e. The van der Waals surface area contributed by atoms with Crippen LogP contribution in [-0.2, 0) is 11.2 Å². The SMILES string of the molecule is CC(C)[C@@]1(O)CN(C(=O)Cc2cscn2)C[C@@H]1C. The number of thiazole rings is 1. The van der Waals surface area contributed by atoms with Gasteiger partial charge in [-0.15, -0.1) is 11.3 Å². The Bertz CT molecular complexity index is 419. The molecule has 1 aliphatic rings. The molecule has 0 aromatic carbocycles. The number of hydrogen-bond donors (Lipinski definition) is 1. The van der Waals surface area contributed by atoms with Crippen LogP contribution in [0.5, 0.6) is 0 Å². The minimum absolute atomic E-state index is 0.0596. The molecule has 1 aromatic rings. The van der Waals surface area contributed by atoms with Crippen molar-refractivity contribution < 1.29 is 9.90 Å². The number of likely N-dealkylation sites (tertiary alicyclic amines) is 1. The van der Waals surface area contributed by atoms with Gasteiger partial charge in [0.2, 0.25) is 5.91 Å². The van der Waals surface area contributed by atoms with E-state index >= 15 is 0 Å². The molecule has 1 aliphatic heterocycles. The maximum atomic E-state index is 12.1. The topological polar surface area (TPSA) is 53.4 Å². The fourth-order valence-electron chi connectivity index (χ4n) is 2.55. The zero-order valence-corrected chi connectivity index (χ0v) is 11.9. The summed E-state index contributed by atoms with van der Waals surface area (Å²) >= 11 is 1.50. The minimum atomic E-state index is -0.752. The normalized spacial score (nSPS) is 28.1. The van der Waals surface area contributed by atoms with Crippen molar-refractivity contribution in [3.63, 3.8) is 0 Å². The van der Waals surface area contributed by atoms with E-state index in [0.717, 1.165) is 5.69 Å². The van der Waals surface area contributed by atoms with E-state index in [-0.39, 0.29) is 17.7 Å². The van der Waals surface area contributed by atoms with Crippen molar-refractivity contribution in [2.75, 3.05) is 13.1 Å². The Morgan fingerprint density at radius 2 is 2.44 bits per heavy atom. The molecule has 1 fully saturated rings. The van der Waals surface area contributed by atoms with Crippen LogP contribution in [0.1, 0.15) is 26.5 Å². The smallest absolute Gasteiger partial charge is 0.228 e. The molecule has 5 heteroatoms. The van der Waals surface area contributed by atoms with Crippen LogP contribution in [0.3, 0.4) is 0 Å². The van der Waals surface area contributed by atoms with Crippen LogP contribution in [-0.4, -0.2) is 39.6 Å². The molecule has 0 saturated carbocycles. The van der Waals surface area contributed by atoms with Crippen molar-refractivity contribution in [3.8, 4) is 0 Å². The Kier molecular flexibility index (Phi) is 3.73. The summed E-state index contributed by atoms with van der Waals surface area (Å²) in [5.74, 6) is 0.339. The van der Waals surface area contributed by atoms with Gasteiger partial charge in [-0.05, 0) is 5.92 Å². The Labute approximate surface area is 112 Å². The number of carbonyl (C=O) groups is 1. The number of carbonyl (C=O) groups excluding carboxylic acids is 1. The molecule has 0 radical (unpaired) electrons. The first-order valence-electron chi connectivity index (χ1n) is 6.30. The highest BCUT2D eigenvalue weighted by Crippen LogP contribution is 2.34. The van der Waals surface area contributed by atoms with E-state index in [4.69, 9.17) is 0 Å². The molecule has 1 N–H and O–H groups in total. The molecule has 1 amide bonds. The van der Waals surface area contributed by atoms with Gasteiger partial charge in [0, 0.05) is 24.4 Å². The summed E-state index contributed by atoms with van der Waals surface area (Å²) in [6.45, 7) is 7.10. The summed E-state index contributed by atoms with van der Waals surface area (Å²) in [7, 11) is 0. The van der Waals surface area contributed by atoms with Gasteiger partial charge >= 0.3 is 0 Å². The molecule has 1 saturated heterocycles. The summed E-state index contributed by atoms with van der Waals surface area (Å²) in [5.41, 5.74) is 1.80. The number of aromatic nitrogens is 1. The molecule has 1 aromatic heterocycles. The summed E-state index contributed by atoms with van der Waals surface area (Å²) < 4.78 is 0. The molecule has 4 nitrogen and oxygen atoms in total. The van der Waals surface area contributed by atoms with Crippen molar-refractivity contribution in [1.82, 2.24) is 9.88 Å². The number of hydrogen-bond acceptors (Lipinski definition) is 4. The van der Waals surface area contributed by atoms with Crippen LogP contribution in [0.4, 0.5) is 0 Å². The van der Waals surface area contributed by atoms with Gasteiger partial charge in [-0.25, -0.2) is 4.98 Å². The van der Waals surface area contributed by atoms with Gasteiger partial charge in [-0.1, -0.05) is 20.8 Å². The predicted molar refractivity (Wildman–Crippen MR) is 71.3 cm³/mol. The van der Waals surface area contributed by atoms with Gasteiger partial charge in [0.05, 0.1) is 23.2 Å². The molecule has 0 spiro atoms. The highest BCUT2D eigenvalue weighted by atomic mass is 32.1. The quantitative estimate of drug-likeness (QED) is 0.905. The van der Waals surface area contributed by atoms with Crippen LogP contribution in [0.2, 0.25) is 0 Å². The van der Waals surface area contributed by atoms with Crippen molar-refractivity contribution in [2.24, 2.45) is 11.8 Å². The monoisotopic (exact) mass is 268 g/mol.